The van der Waals surface area contributed by atoms with Crippen molar-refractivity contribution in [3.8, 4) is 22.7 Å². The van der Waals surface area contributed by atoms with Crippen LogP contribution in [-0.2, 0) is 0 Å². The molecule has 0 spiro atoms. The number of carboxylic acid groups (broad SMARTS) is 1. The van der Waals surface area contributed by atoms with Crippen molar-refractivity contribution in [3.05, 3.63) is 66.4 Å². The molecule has 2 aromatic carbocycles. The second-order valence-corrected chi connectivity index (χ2v) is 4.73. The summed E-state index contributed by atoms with van der Waals surface area (Å²) in [7, 11) is 1.62. The van der Waals surface area contributed by atoms with Gasteiger partial charge in [0.2, 0.25) is 0 Å². The number of nitrogens with zero attached hydrogens (tertiary/aromatic N) is 2. The zero-order valence-electron chi connectivity index (χ0n) is 11.9. The molecule has 0 unspecified atom stereocenters. The highest BCUT2D eigenvalue weighted by molar-refractivity contribution is 5.88. The Bertz CT molecular complexity index is 807. The van der Waals surface area contributed by atoms with Gasteiger partial charge in [0.05, 0.1) is 24.1 Å². The van der Waals surface area contributed by atoms with E-state index in [1.165, 1.54) is 0 Å². The van der Waals surface area contributed by atoms with Crippen molar-refractivity contribution in [1.29, 1.82) is 0 Å². The summed E-state index contributed by atoms with van der Waals surface area (Å²) in [6.07, 6.45) is 1.86. The fraction of sp³-hybridized carbons (Fsp3) is 0.0588. The summed E-state index contributed by atoms with van der Waals surface area (Å²) < 4.78 is 6.96. The van der Waals surface area contributed by atoms with Crippen LogP contribution in [0, 0.1) is 0 Å². The van der Waals surface area contributed by atoms with Gasteiger partial charge in [-0.3, -0.25) is 0 Å². The van der Waals surface area contributed by atoms with Crippen LogP contribution in [-0.4, -0.2) is 28.0 Å². The van der Waals surface area contributed by atoms with Crippen molar-refractivity contribution in [1.82, 2.24) is 9.78 Å². The number of benzene rings is 2. The van der Waals surface area contributed by atoms with Crippen LogP contribution in [0.25, 0.3) is 16.9 Å². The number of carbonyl (C=O) groups is 1. The highest BCUT2D eigenvalue weighted by atomic mass is 16.5. The number of aromatic nitrogens is 2. The molecule has 22 heavy (non-hydrogen) atoms. The van der Waals surface area contributed by atoms with E-state index in [0.717, 1.165) is 22.7 Å². The first-order valence-corrected chi connectivity index (χ1v) is 6.71. The van der Waals surface area contributed by atoms with Gasteiger partial charge in [-0.25, -0.2) is 9.48 Å². The lowest BCUT2D eigenvalue weighted by atomic mass is 10.1. The Kier molecular flexibility index (Phi) is 3.62. The molecule has 0 radical (unpaired) electrons. The van der Waals surface area contributed by atoms with E-state index in [9.17, 15) is 4.79 Å². The van der Waals surface area contributed by atoms with Gasteiger partial charge < -0.3 is 9.84 Å². The number of carboxylic acids is 1. The topological polar surface area (TPSA) is 64.3 Å². The van der Waals surface area contributed by atoms with Crippen LogP contribution in [0.1, 0.15) is 10.4 Å². The Labute approximate surface area is 127 Å². The average Bonchev–Trinajstić information content (AvgIpc) is 3.05. The molecule has 0 bridgehead atoms. The monoisotopic (exact) mass is 294 g/mol. The Morgan fingerprint density at radius 3 is 2.59 bits per heavy atom. The summed E-state index contributed by atoms with van der Waals surface area (Å²) in [4.78, 5) is 10.9. The molecule has 0 aliphatic heterocycles. The second kappa shape index (κ2) is 5.73. The third kappa shape index (κ3) is 2.69. The second-order valence-electron chi connectivity index (χ2n) is 4.73. The summed E-state index contributed by atoms with van der Waals surface area (Å²) in [6.45, 7) is 0. The fourth-order valence-electron chi connectivity index (χ4n) is 2.16. The summed E-state index contributed by atoms with van der Waals surface area (Å²) in [5.74, 6) is -0.172. The minimum Gasteiger partial charge on any atom is -0.497 e. The van der Waals surface area contributed by atoms with E-state index < -0.39 is 5.97 Å². The maximum atomic E-state index is 10.9. The normalized spacial score (nSPS) is 10.4. The molecule has 5 heteroatoms. The largest absolute Gasteiger partial charge is 0.497 e. The molecule has 0 saturated carbocycles. The fourth-order valence-corrected chi connectivity index (χ4v) is 2.16. The Morgan fingerprint density at radius 1 is 1.14 bits per heavy atom. The molecular weight excluding hydrogens is 280 g/mol. The van der Waals surface area contributed by atoms with E-state index in [4.69, 9.17) is 9.84 Å². The molecule has 3 aromatic rings. The van der Waals surface area contributed by atoms with Crippen LogP contribution in [0.4, 0.5) is 0 Å². The summed E-state index contributed by atoms with van der Waals surface area (Å²) in [6, 6.07) is 16.1. The lowest BCUT2D eigenvalue weighted by Crippen LogP contribution is -1.96. The van der Waals surface area contributed by atoms with Crippen molar-refractivity contribution in [3.63, 3.8) is 0 Å². The van der Waals surface area contributed by atoms with Gasteiger partial charge in [-0.1, -0.05) is 18.2 Å². The number of hydrogen-bond donors (Lipinski definition) is 1. The predicted octanol–water partition coefficient (Wildman–Crippen LogP) is 3.25. The molecule has 0 saturated heterocycles. The Hall–Kier alpha value is -3.08. The predicted molar refractivity (Wildman–Crippen MR) is 82.5 cm³/mol. The molecule has 3 rings (SSSR count). The molecule has 1 heterocycles. The molecule has 0 atom stereocenters. The Balaban J connectivity index is 1.91. The van der Waals surface area contributed by atoms with Crippen LogP contribution in [0.15, 0.2) is 60.8 Å². The molecule has 0 aliphatic rings. The van der Waals surface area contributed by atoms with Gasteiger partial charge in [-0.05, 0) is 30.3 Å². The van der Waals surface area contributed by atoms with Crippen LogP contribution >= 0.6 is 0 Å². The van der Waals surface area contributed by atoms with E-state index in [1.54, 1.807) is 36.1 Å². The molecule has 110 valence electrons. The van der Waals surface area contributed by atoms with Gasteiger partial charge >= 0.3 is 5.97 Å². The van der Waals surface area contributed by atoms with Gasteiger partial charge in [0, 0.05) is 17.8 Å². The number of hydrogen-bond acceptors (Lipinski definition) is 3. The van der Waals surface area contributed by atoms with E-state index in [0.29, 0.717) is 0 Å². The SMILES string of the molecule is COc1cccc(-n2ccc(-c3ccc(C(=O)O)cc3)n2)c1. The first kappa shape index (κ1) is 13.9. The first-order valence-electron chi connectivity index (χ1n) is 6.71. The van der Waals surface area contributed by atoms with Gasteiger partial charge in [0.25, 0.3) is 0 Å². The first-order chi connectivity index (χ1) is 10.7. The molecule has 1 N–H and O–H groups in total. The number of ether oxygens (including phenoxy) is 1. The van der Waals surface area contributed by atoms with Gasteiger partial charge in [-0.15, -0.1) is 0 Å². The van der Waals surface area contributed by atoms with Crippen molar-refractivity contribution >= 4 is 5.97 Å². The van der Waals surface area contributed by atoms with Crippen molar-refractivity contribution < 1.29 is 14.6 Å². The number of methoxy groups -OCH3 is 1. The van der Waals surface area contributed by atoms with Crippen LogP contribution in [0.3, 0.4) is 0 Å². The number of rotatable bonds is 4. The highest BCUT2D eigenvalue weighted by Gasteiger charge is 2.07. The summed E-state index contributed by atoms with van der Waals surface area (Å²) in [5.41, 5.74) is 2.80. The van der Waals surface area contributed by atoms with E-state index in [2.05, 4.69) is 5.10 Å². The van der Waals surface area contributed by atoms with Crippen LogP contribution in [0.2, 0.25) is 0 Å². The van der Waals surface area contributed by atoms with E-state index >= 15 is 0 Å². The quantitative estimate of drug-likeness (QED) is 0.802. The molecule has 0 fully saturated rings. The van der Waals surface area contributed by atoms with Gasteiger partial charge in [-0.2, -0.15) is 5.10 Å². The molecule has 5 nitrogen and oxygen atoms in total. The molecular formula is C17H14N2O3. The van der Waals surface area contributed by atoms with Crippen LogP contribution in [0.5, 0.6) is 5.75 Å². The summed E-state index contributed by atoms with van der Waals surface area (Å²) in [5, 5.41) is 13.4. The van der Waals surface area contributed by atoms with Crippen molar-refractivity contribution in [2.75, 3.05) is 7.11 Å². The van der Waals surface area contributed by atoms with Gasteiger partial charge in [0.1, 0.15) is 5.75 Å². The molecule has 0 aliphatic carbocycles. The lowest BCUT2D eigenvalue weighted by Gasteiger charge is -2.04. The molecule has 1 aromatic heterocycles. The maximum Gasteiger partial charge on any atom is 0.335 e. The third-order valence-corrected chi connectivity index (χ3v) is 3.33. The zero-order chi connectivity index (χ0) is 15.5. The lowest BCUT2D eigenvalue weighted by molar-refractivity contribution is 0.0697. The minimum atomic E-state index is -0.937. The zero-order valence-corrected chi connectivity index (χ0v) is 11.9. The van der Waals surface area contributed by atoms with Crippen molar-refractivity contribution in [2.45, 2.75) is 0 Å². The van der Waals surface area contributed by atoms with E-state index in [1.807, 2.05) is 36.5 Å². The van der Waals surface area contributed by atoms with Gasteiger partial charge in [0.15, 0.2) is 0 Å². The number of aromatic carboxylic acids is 1. The standard InChI is InChI=1S/C17H14N2O3/c1-22-15-4-2-3-14(11-15)19-10-9-16(18-19)12-5-7-13(8-6-12)17(20)21/h2-11H,1H3,(H,20,21). The summed E-state index contributed by atoms with van der Waals surface area (Å²) >= 11 is 0. The minimum absolute atomic E-state index is 0.260. The molecule has 0 amide bonds. The maximum absolute atomic E-state index is 10.9. The van der Waals surface area contributed by atoms with Crippen LogP contribution < -0.4 is 4.74 Å². The average molecular weight is 294 g/mol. The highest BCUT2D eigenvalue weighted by Crippen LogP contribution is 2.21. The van der Waals surface area contributed by atoms with E-state index in [-0.39, 0.29) is 5.56 Å². The van der Waals surface area contributed by atoms with Crippen molar-refractivity contribution in [2.24, 2.45) is 0 Å². The smallest absolute Gasteiger partial charge is 0.335 e. The third-order valence-electron chi connectivity index (χ3n) is 3.33. The Morgan fingerprint density at radius 2 is 1.91 bits per heavy atom.